The van der Waals surface area contributed by atoms with Gasteiger partial charge in [-0.3, -0.25) is 4.79 Å². The minimum absolute atomic E-state index is 0.0257. The maximum atomic E-state index is 12.2. The van der Waals surface area contributed by atoms with Gasteiger partial charge in [0.05, 0.1) is 12.9 Å². The van der Waals surface area contributed by atoms with Crippen LogP contribution in [0.4, 0.5) is 0 Å². The Labute approximate surface area is 169 Å². The number of nitrogens with one attached hydrogen (secondary N) is 1. The Morgan fingerprint density at radius 3 is 2.46 bits per heavy atom. The van der Waals surface area contributed by atoms with Crippen molar-refractivity contribution in [1.29, 1.82) is 0 Å². The van der Waals surface area contributed by atoms with Gasteiger partial charge in [-0.05, 0) is 43.7 Å². The molecule has 0 aliphatic carbocycles. The van der Waals surface area contributed by atoms with E-state index in [2.05, 4.69) is 15.5 Å². The zero-order valence-corrected chi connectivity index (χ0v) is 17.1. The molecule has 0 saturated carbocycles. The van der Waals surface area contributed by atoms with Crippen LogP contribution in [0.25, 0.3) is 11.4 Å². The highest BCUT2D eigenvalue weighted by Gasteiger charge is 2.14. The van der Waals surface area contributed by atoms with Crippen molar-refractivity contribution in [3.05, 3.63) is 59.7 Å². The van der Waals surface area contributed by atoms with Crippen LogP contribution in [0.15, 0.2) is 53.7 Å². The van der Waals surface area contributed by atoms with E-state index < -0.39 is 0 Å². The second-order valence-electron chi connectivity index (χ2n) is 6.33. The average molecular weight is 397 g/mol. The van der Waals surface area contributed by atoms with Crippen LogP contribution in [-0.2, 0) is 17.9 Å². The molecule has 0 unspecified atom stereocenters. The number of amides is 1. The van der Waals surface area contributed by atoms with Gasteiger partial charge in [0.1, 0.15) is 5.75 Å². The lowest BCUT2D eigenvalue weighted by Crippen LogP contribution is -2.24. The van der Waals surface area contributed by atoms with Crippen molar-refractivity contribution >= 4 is 17.7 Å². The van der Waals surface area contributed by atoms with Crippen LogP contribution in [0.3, 0.4) is 0 Å². The number of thioether (sulfide) groups is 1. The lowest BCUT2D eigenvalue weighted by atomic mass is 10.1. The van der Waals surface area contributed by atoms with Crippen molar-refractivity contribution in [3.8, 4) is 17.1 Å². The zero-order valence-electron chi connectivity index (χ0n) is 16.3. The molecule has 0 aliphatic heterocycles. The molecule has 0 radical (unpaired) electrons. The van der Waals surface area contributed by atoms with Gasteiger partial charge in [0.2, 0.25) is 5.91 Å². The van der Waals surface area contributed by atoms with Gasteiger partial charge in [-0.2, -0.15) is 0 Å². The van der Waals surface area contributed by atoms with Crippen LogP contribution in [0.5, 0.6) is 5.75 Å². The summed E-state index contributed by atoms with van der Waals surface area (Å²) in [4.78, 5) is 12.2. The van der Waals surface area contributed by atoms with Gasteiger partial charge < -0.3 is 14.6 Å². The van der Waals surface area contributed by atoms with Crippen LogP contribution < -0.4 is 10.1 Å². The Bertz CT molecular complexity index is 921. The molecule has 0 aliphatic rings. The standard InChI is InChI=1S/C21H24N4O2S/c1-4-25-20(17-9-11-18(27-3)12-10-17)23-24-21(25)28-14-19(26)22-13-16-7-5-15(2)6-8-16/h5-12H,4,13-14H2,1-3H3,(H,22,26). The van der Waals surface area contributed by atoms with Gasteiger partial charge in [-0.15, -0.1) is 10.2 Å². The number of rotatable bonds is 8. The predicted molar refractivity (Wildman–Crippen MR) is 111 cm³/mol. The summed E-state index contributed by atoms with van der Waals surface area (Å²) in [5.74, 6) is 1.85. The number of carbonyl (C=O) groups is 1. The van der Waals surface area contributed by atoms with Gasteiger partial charge in [0.15, 0.2) is 11.0 Å². The number of methoxy groups -OCH3 is 1. The highest BCUT2D eigenvalue weighted by atomic mass is 32.2. The maximum Gasteiger partial charge on any atom is 0.230 e. The predicted octanol–water partition coefficient (Wildman–Crippen LogP) is 3.69. The highest BCUT2D eigenvalue weighted by molar-refractivity contribution is 7.99. The molecule has 0 bridgehead atoms. The number of aryl methyl sites for hydroxylation is 1. The molecule has 28 heavy (non-hydrogen) atoms. The summed E-state index contributed by atoms with van der Waals surface area (Å²) in [6.45, 7) is 5.33. The largest absolute Gasteiger partial charge is 0.497 e. The second-order valence-corrected chi connectivity index (χ2v) is 7.27. The molecule has 0 fully saturated rings. The number of nitrogens with zero attached hydrogens (tertiary/aromatic N) is 3. The molecule has 0 spiro atoms. The molecule has 3 rings (SSSR count). The van der Waals surface area contributed by atoms with Gasteiger partial charge in [-0.1, -0.05) is 41.6 Å². The zero-order chi connectivity index (χ0) is 19.9. The summed E-state index contributed by atoms with van der Waals surface area (Å²) in [5, 5.41) is 12.3. The molecule has 1 aromatic heterocycles. The molecule has 0 saturated heterocycles. The monoisotopic (exact) mass is 396 g/mol. The minimum Gasteiger partial charge on any atom is -0.497 e. The SMILES string of the molecule is CCn1c(SCC(=O)NCc2ccc(C)cc2)nnc1-c1ccc(OC)cc1. The molecule has 146 valence electrons. The molecule has 7 heteroatoms. The van der Waals surface area contributed by atoms with Crippen LogP contribution in [-0.4, -0.2) is 33.5 Å². The molecule has 0 atom stereocenters. The average Bonchev–Trinajstić information content (AvgIpc) is 3.14. The van der Waals surface area contributed by atoms with E-state index in [1.807, 2.05) is 66.9 Å². The maximum absolute atomic E-state index is 12.2. The lowest BCUT2D eigenvalue weighted by Gasteiger charge is -2.08. The number of hydrogen-bond acceptors (Lipinski definition) is 5. The van der Waals surface area contributed by atoms with Gasteiger partial charge >= 0.3 is 0 Å². The summed E-state index contributed by atoms with van der Waals surface area (Å²) >= 11 is 1.39. The Hall–Kier alpha value is -2.80. The normalized spacial score (nSPS) is 10.7. The summed E-state index contributed by atoms with van der Waals surface area (Å²) in [6.07, 6.45) is 0. The number of carbonyl (C=O) groups excluding carboxylic acids is 1. The summed E-state index contributed by atoms with van der Waals surface area (Å²) in [6, 6.07) is 15.8. The smallest absolute Gasteiger partial charge is 0.230 e. The molecular formula is C21H24N4O2S. The molecule has 2 aromatic carbocycles. The lowest BCUT2D eigenvalue weighted by molar-refractivity contribution is -0.118. The fourth-order valence-electron chi connectivity index (χ4n) is 2.72. The van der Waals surface area contributed by atoms with Crippen LogP contribution in [0, 0.1) is 6.92 Å². The van der Waals surface area contributed by atoms with E-state index in [9.17, 15) is 4.79 Å². The van der Waals surface area contributed by atoms with Crippen molar-refractivity contribution in [2.45, 2.75) is 32.1 Å². The Kier molecular flexibility index (Phi) is 6.71. The molecule has 1 amide bonds. The van der Waals surface area contributed by atoms with Crippen molar-refractivity contribution in [1.82, 2.24) is 20.1 Å². The van der Waals surface area contributed by atoms with E-state index in [-0.39, 0.29) is 5.91 Å². The molecule has 6 nitrogen and oxygen atoms in total. The number of hydrogen-bond donors (Lipinski definition) is 1. The highest BCUT2D eigenvalue weighted by Crippen LogP contribution is 2.25. The quantitative estimate of drug-likeness (QED) is 0.588. The van der Waals surface area contributed by atoms with Crippen LogP contribution in [0.2, 0.25) is 0 Å². The molecule has 3 aromatic rings. The van der Waals surface area contributed by atoms with Gasteiger partial charge in [-0.25, -0.2) is 0 Å². The Balaban J connectivity index is 1.60. The first-order valence-corrected chi connectivity index (χ1v) is 10.1. The first-order valence-electron chi connectivity index (χ1n) is 9.13. The van der Waals surface area contributed by atoms with E-state index in [4.69, 9.17) is 4.74 Å². The van der Waals surface area contributed by atoms with Crippen molar-refractivity contribution in [3.63, 3.8) is 0 Å². The Morgan fingerprint density at radius 2 is 1.82 bits per heavy atom. The summed E-state index contributed by atoms with van der Waals surface area (Å²) in [5.41, 5.74) is 3.26. The third kappa shape index (κ3) is 4.92. The van der Waals surface area contributed by atoms with E-state index in [0.29, 0.717) is 12.3 Å². The van der Waals surface area contributed by atoms with Crippen molar-refractivity contribution < 1.29 is 9.53 Å². The van der Waals surface area contributed by atoms with Crippen LogP contribution in [0.1, 0.15) is 18.1 Å². The first-order chi connectivity index (χ1) is 13.6. The molecule has 1 N–H and O–H groups in total. The fourth-order valence-corrected chi connectivity index (χ4v) is 3.55. The minimum atomic E-state index is -0.0257. The summed E-state index contributed by atoms with van der Waals surface area (Å²) in [7, 11) is 1.64. The van der Waals surface area contributed by atoms with Crippen molar-refractivity contribution in [2.24, 2.45) is 0 Å². The first kappa shape index (κ1) is 19.9. The number of benzene rings is 2. The van der Waals surface area contributed by atoms with E-state index in [1.165, 1.54) is 17.3 Å². The Morgan fingerprint density at radius 1 is 1.11 bits per heavy atom. The third-order valence-electron chi connectivity index (χ3n) is 4.32. The summed E-state index contributed by atoms with van der Waals surface area (Å²) < 4.78 is 7.21. The molecule has 1 heterocycles. The van der Waals surface area contributed by atoms with Gasteiger partial charge in [0.25, 0.3) is 0 Å². The van der Waals surface area contributed by atoms with E-state index >= 15 is 0 Å². The molecular weight excluding hydrogens is 372 g/mol. The van der Waals surface area contributed by atoms with Gasteiger partial charge in [0, 0.05) is 18.7 Å². The van der Waals surface area contributed by atoms with E-state index in [0.717, 1.165) is 34.4 Å². The number of aromatic nitrogens is 3. The van der Waals surface area contributed by atoms with Crippen LogP contribution >= 0.6 is 11.8 Å². The third-order valence-corrected chi connectivity index (χ3v) is 5.29. The van der Waals surface area contributed by atoms with Crippen molar-refractivity contribution in [2.75, 3.05) is 12.9 Å². The van der Waals surface area contributed by atoms with E-state index in [1.54, 1.807) is 7.11 Å². The second kappa shape index (κ2) is 9.41. The topological polar surface area (TPSA) is 69.0 Å². The fraction of sp³-hybridized carbons (Fsp3) is 0.286. The number of ether oxygens (including phenoxy) is 1.